The van der Waals surface area contributed by atoms with Gasteiger partial charge in [-0.25, -0.2) is 21.3 Å². The third kappa shape index (κ3) is 3.83. The van der Waals surface area contributed by atoms with Crippen molar-refractivity contribution in [2.24, 2.45) is 0 Å². The van der Waals surface area contributed by atoms with Crippen LogP contribution in [0.2, 0.25) is 0 Å². The van der Waals surface area contributed by atoms with Crippen molar-refractivity contribution >= 4 is 31.9 Å². The molecule has 2 aromatic heterocycles. The van der Waals surface area contributed by atoms with E-state index in [0.29, 0.717) is 16.6 Å². The molecule has 0 radical (unpaired) electrons. The van der Waals surface area contributed by atoms with Gasteiger partial charge in [-0.1, -0.05) is 18.2 Å². The molecule has 2 heterocycles. The molecule has 27 heavy (non-hydrogen) atoms. The highest BCUT2D eigenvalue weighted by atomic mass is 32.2. The molecule has 0 saturated heterocycles. The Morgan fingerprint density at radius 2 is 1.81 bits per heavy atom. The number of nitrogens with one attached hydrogen (secondary N) is 1. The number of pyridine rings is 1. The van der Waals surface area contributed by atoms with Crippen molar-refractivity contribution in [3.8, 4) is 0 Å². The van der Waals surface area contributed by atoms with Gasteiger partial charge in [0.05, 0.1) is 37.9 Å². The molecule has 0 aliphatic carbocycles. The van der Waals surface area contributed by atoms with Crippen molar-refractivity contribution in [3.05, 3.63) is 60.6 Å². The number of hydrogen-bond acceptors (Lipinski definition) is 4. The summed E-state index contributed by atoms with van der Waals surface area (Å²) in [5.41, 5.74) is 1.05. The van der Waals surface area contributed by atoms with Gasteiger partial charge in [0.2, 0.25) is 0 Å². The number of hydrogen-bond donors (Lipinski definition) is 1. The lowest BCUT2D eigenvalue weighted by Crippen LogP contribution is -2.35. The average molecular weight is 406 g/mol. The van der Waals surface area contributed by atoms with Crippen LogP contribution in [0.4, 0.5) is 0 Å². The summed E-state index contributed by atoms with van der Waals surface area (Å²) < 4.78 is 43.1. The zero-order valence-corrected chi connectivity index (χ0v) is 17.3. The second-order valence-electron chi connectivity index (χ2n) is 7.31. The normalized spacial score (nSPS) is 15.0. The molecule has 0 saturated carbocycles. The largest absolute Gasteiger partial charge is 0.268 e. The monoisotopic (exact) mass is 405 g/mol. The van der Waals surface area contributed by atoms with Crippen LogP contribution in [-0.4, -0.2) is 26.3 Å². The molecule has 1 N–H and O–H groups in total. The summed E-state index contributed by atoms with van der Waals surface area (Å²) >= 11 is 0. The minimum absolute atomic E-state index is 0.199. The van der Waals surface area contributed by atoms with Crippen LogP contribution < -0.4 is 4.72 Å². The van der Waals surface area contributed by atoms with E-state index in [-0.39, 0.29) is 4.90 Å². The minimum Gasteiger partial charge on any atom is -0.264 e. The van der Waals surface area contributed by atoms with Crippen molar-refractivity contribution in [2.45, 2.75) is 43.4 Å². The Bertz CT molecular complexity index is 1080. The maximum Gasteiger partial charge on any atom is 0.268 e. The Morgan fingerprint density at radius 3 is 2.44 bits per heavy atom. The van der Waals surface area contributed by atoms with Gasteiger partial charge in [0.25, 0.3) is 10.0 Å². The van der Waals surface area contributed by atoms with Gasteiger partial charge in [-0.2, -0.15) is 0 Å². The number of aromatic nitrogens is 2. The molecule has 0 fully saturated rings. The first-order valence-electron chi connectivity index (χ1n) is 8.56. The fourth-order valence-corrected chi connectivity index (χ4v) is 5.14. The maximum atomic E-state index is 13.4. The van der Waals surface area contributed by atoms with E-state index in [4.69, 9.17) is 0 Å². The van der Waals surface area contributed by atoms with Crippen LogP contribution in [0.1, 0.15) is 39.4 Å². The summed E-state index contributed by atoms with van der Waals surface area (Å²) in [5, 5.41) is 0.710. The highest BCUT2D eigenvalue weighted by Gasteiger charge is 2.28. The van der Waals surface area contributed by atoms with Crippen LogP contribution in [-0.2, 0) is 21.0 Å². The van der Waals surface area contributed by atoms with Crippen LogP contribution in [0, 0.1) is 0 Å². The summed E-state index contributed by atoms with van der Waals surface area (Å²) in [6.07, 6.45) is 3.19. The third-order valence-corrected chi connectivity index (χ3v) is 7.59. The van der Waals surface area contributed by atoms with Crippen LogP contribution in [0.15, 0.2) is 59.8 Å². The summed E-state index contributed by atoms with van der Waals surface area (Å²) in [5.74, 6) is 0. The van der Waals surface area contributed by atoms with E-state index < -0.39 is 31.8 Å². The topological polar surface area (TPSA) is 81.1 Å². The highest BCUT2D eigenvalue weighted by molar-refractivity contribution is 7.90. The van der Waals surface area contributed by atoms with Gasteiger partial charge in [0.15, 0.2) is 0 Å². The lowest BCUT2D eigenvalue weighted by Gasteiger charge is -2.23. The summed E-state index contributed by atoms with van der Waals surface area (Å²) in [6.45, 7) is 7.40. The summed E-state index contributed by atoms with van der Waals surface area (Å²) in [7, 11) is -5.16. The lowest BCUT2D eigenvalue weighted by atomic mass is 10.2. The first-order valence-corrected chi connectivity index (χ1v) is 11.2. The van der Waals surface area contributed by atoms with Crippen LogP contribution in [0.5, 0.6) is 0 Å². The molecule has 0 amide bonds. The number of fused-ring (bicyclic) bond motifs is 1. The molecule has 0 unspecified atom stereocenters. The molecule has 3 rings (SSSR count). The second-order valence-corrected chi connectivity index (χ2v) is 11.1. The van der Waals surface area contributed by atoms with E-state index in [9.17, 15) is 12.6 Å². The average Bonchev–Trinajstić information content (AvgIpc) is 3.02. The Kier molecular flexibility index (Phi) is 5.24. The van der Waals surface area contributed by atoms with Gasteiger partial charge in [-0.05, 0) is 52.0 Å². The molecule has 3 aromatic rings. The predicted octanol–water partition coefficient (Wildman–Crippen LogP) is 3.39. The van der Waals surface area contributed by atoms with E-state index in [1.165, 1.54) is 3.97 Å². The first kappa shape index (κ1) is 19.7. The molecule has 0 spiro atoms. The molecule has 0 aliphatic heterocycles. The van der Waals surface area contributed by atoms with Crippen molar-refractivity contribution < 1.29 is 12.6 Å². The molecule has 0 aliphatic rings. The molecule has 8 heteroatoms. The zero-order valence-electron chi connectivity index (χ0n) is 15.7. The van der Waals surface area contributed by atoms with Crippen molar-refractivity contribution in [1.29, 1.82) is 0 Å². The highest BCUT2D eigenvalue weighted by Crippen LogP contribution is 2.29. The Balaban J connectivity index is 2.17. The number of rotatable bonds is 5. The lowest BCUT2D eigenvalue weighted by molar-refractivity contribution is 0.578. The van der Waals surface area contributed by atoms with Gasteiger partial charge in [0.1, 0.15) is 0 Å². The van der Waals surface area contributed by atoms with Crippen molar-refractivity contribution in [1.82, 2.24) is 13.7 Å². The standard InChI is InChI=1S/C19H23N3O3S2/c1-14(21-26(23)19(2,3)4)18-12-15-13-20-11-10-17(15)22(18)27(24,25)16-8-6-5-7-9-16/h5-14,21H,1-4H3/t14-,26+/m1/s1. The number of benzene rings is 1. The van der Waals surface area contributed by atoms with Gasteiger partial charge < -0.3 is 0 Å². The van der Waals surface area contributed by atoms with E-state index >= 15 is 0 Å². The second kappa shape index (κ2) is 7.18. The zero-order chi connectivity index (χ0) is 19.8. The first-order chi connectivity index (χ1) is 12.6. The molecule has 0 bridgehead atoms. The SMILES string of the molecule is C[C@@H](N[S@@](=O)C(C)(C)C)c1cc2cnccc2n1S(=O)(=O)c1ccccc1. The fraction of sp³-hybridized carbons (Fsp3) is 0.316. The number of nitrogens with zero attached hydrogens (tertiary/aromatic N) is 2. The van der Waals surface area contributed by atoms with Crippen LogP contribution in [0.25, 0.3) is 10.9 Å². The quantitative estimate of drug-likeness (QED) is 0.705. The Morgan fingerprint density at radius 1 is 1.15 bits per heavy atom. The Hall–Kier alpha value is -2.03. The van der Waals surface area contributed by atoms with Gasteiger partial charge in [-0.15, -0.1) is 0 Å². The smallest absolute Gasteiger partial charge is 0.264 e. The Labute approximate surface area is 162 Å². The molecule has 6 nitrogen and oxygen atoms in total. The van der Waals surface area contributed by atoms with E-state index in [2.05, 4.69) is 9.71 Å². The molecular weight excluding hydrogens is 382 g/mol. The van der Waals surface area contributed by atoms with E-state index in [1.807, 2.05) is 27.7 Å². The molecule has 1 aromatic carbocycles. The van der Waals surface area contributed by atoms with Gasteiger partial charge >= 0.3 is 0 Å². The van der Waals surface area contributed by atoms with Crippen LogP contribution >= 0.6 is 0 Å². The van der Waals surface area contributed by atoms with Gasteiger partial charge in [0, 0.05) is 17.8 Å². The summed E-state index contributed by atoms with van der Waals surface area (Å²) in [6, 6.07) is 11.3. The fourth-order valence-electron chi connectivity index (χ4n) is 2.72. The molecular formula is C19H23N3O3S2. The molecule has 144 valence electrons. The van der Waals surface area contributed by atoms with Crippen molar-refractivity contribution in [2.75, 3.05) is 0 Å². The van der Waals surface area contributed by atoms with Crippen molar-refractivity contribution in [3.63, 3.8) is 0 Å². The van der Waals surface area contributed by atoms with E-state index in [0.717, 1.165) is 0 Å². The van der Waals surface area contributed by atoms with Gasteiger partial charge in [-0.3, -0.25) is 4.98 Å². The predicted molar refractivity (Wildman–Crippen MR) is 108 cm³/mol. The minimum atomic E-state index is -3.82. The van der Waals surface area contributed by atoms with E-state index in [1.54, 1.807) is 54.9 Å². The third-order valence-electron chi connectivity index (χ3n) is 4.15. The van der Waals surface area contributed by atoms with Crippen LogP contribution in [0.3, 0.4) is 0 Å². The molecule has 2 atom stereocenters. The maximum absolute atomic E-state index is 13.4. The summed E-state index contributed by atoms with van der Waals surface area (Å²) in [4.78, 5) is 4.29.